The highest BCUT2D eigenvalue weighted by Crippen LogP contribution is 2.28. The van der Waals surface area contributed by atoms with Crippen LogP contribution in [0, 0.1) is 0 Å². The van der Waals surface area contributed by atoms with E-state index in [1.807, 2.05) is 35.2 Å². The van der Waals surface area contributed by atoms with Crippen molar-refractivity contribution in [3.8, 4) is 5.75 Å². The molecule has 0 radical (unpaired) electrons. The maximum atomic E-state index is 13.5. The summed E-state index contributed by atoms with van der Waals surface area (Å²) in [6.45, 7) is 3.49. The summed E-state index contributed by atoms with van der Waals surface area (Å²) in [6.07, 6.45) is 3.03. The molecule has 2 aliphatic rings. The Morgan fingerprint density at radius 1 is 1.03 bits per heavy atom. The molecule has 2 saturated heterocycles. The van der Waals surface area contributed by atoms with Crippen LogP contribution in [0.3, 0.4) is 0 Å². The maximum Gasteiger partial charge on any atom is 0.411 e. The Morgan fingerprint density at radius 3 is 2.50 bits per heavy atom. The maximum absolute atomic E-state index is 13.5. The summed E-state index contributed by atoms with van der Waals surface area (Å²) in [7, 11) is 0. The van der Waals surface area contributed by atoms with E-state index in [0.717, 1.165) is 30.4 Å². The molecule has 0 aromatic heterocycles. The molecule has 36 heavy (non-hydrogen) atoms. The van der Waals surface area contributed by atoms with Gasteiger partial charge < -0.3 is 19.6 Å². The van der Waals surface area contributed by atoms with Crippen molar-refractivity contribution in [2.24, 2.45) is 0 Å². The van der Waals surface area contributed by atoms with Gasteiger partial charge in [-0.2, -0.15) is 0 Å². The minimum absolute atomic E-state index is 0.0536. The number of amides is 3. The normalized spacial score (nSPS) is 19.9. The van der Waals surface area contributed by atoms with Gasteiger partial charge in [0.05, 0.1) is 13.2 Å². The van der Waals surface area contributed by atoms with Gasteiger partial charge >= 0.3 is 6.09 Å². The van der Waals surface area contributed by atoms with Crippen molar-refractivity contribution in [2.75, 3.05) is 26.2 Å². The lowest BCUT2D eigenvalue weighted by Gasteiger charge is -2.52. The second-order valence-corrected chi connectivity index (χ2v) is 9.45. The number of piperazine rings is 1. The van der Waals surface area contributed by atoms with E-state index in [9.17, 15) is 19.5 Å². The van der Waals surface area contributed by atoms with Gasteiger partial charge in [0.2, 0.25) is 11.8 Å². The van der Waals surface area contributed by atoms with Crippen molar-refractivity contribution in [2.45, 2.75) is 57.7 Å². The van der Waals surface area contributed by atoms with Crippen LogP contribution in [0.2, 0.25) is 0 Å². The molecule has 2 heterocycles. The molecule has 2 aromatic carbocycles. The fourth-order valence-corrected chi connectivity index (χ4v) is 4.99. The number of unbranched alkanes of at least 4 members (excludes halogenated alkanes) is 2. The number of hydrogen-bond acceptors (Lipinski definition) is 5. The summed E-state index contributed by atoms with van der Waals surface area (Å²) in [4.78, 5) is 44.8. The van der Waals surface area contributed by atoms with Gasteiger partial charge in [-0.05, 0) is 29.7 Å². The fourth-order valence-electron chi connectivity index (χ4n) is 4.99. The molecule has 4 rings (SSSR count). The molecular formula is C28H35N3O5. The molecule has 2 aliphatic heterocycles. The quantitative estimate of drug-likeness (QED) is 0.540. The van der Waals surface area contributed by atoms with Crippen LogP contribution in [0.4, 0.5) is 4.79 Å². The monoisotopic (exact) mass is 493 g/mol. The lowest BCUT2D eigenvalue weighted by Crippen LogP contribution is -2.71. The number of fused-ring (bicyclic) bond motifs is 1. The minimum atomic E-state index is -0.645. The van der Waals surface area contributed by atoms with Crippen molar-refractivity contribution < 1.29 is 24.2 Å². The molecule has 8 nitrogen and oxygen atoms in total. The molecule has 1 N–H and O–H groups in total. The van der Waals surface area contributed by atoms with E-state index < -0.39 is 18.3 Å². The van der Waals surface area contributed by atoms with E-state index >= 15 is 0 Å². The highest BCUT2D eigenvalue weighted by molar-refractivity contribution is 5.91. The number of rotatable bonds is 9. The van der Waals surface area contributed by atoms with Crippen LogP contribution in [0.25, 0.3) is 0 Å². The summed E-state index contributed by atoms with van der Waals surface area (Å²) >= 11 is 0. The molecule has 0 unspecified atom stereocenters. The van der Waals surface area contributed by atoms with E-state index in [0.29, 0.717) is 25.9 Å². The first kappa shape index (κ1) is 25.5. The van der Waals surface area contributed by atoms with E-state index in [-0.39, 0.29) is 37.1 Å². The third-order valence-electron chi connectivity index (χ3n) is 6.94. The first-order valence-corrected chi connectivity index (χ1v) is 12.8. The van der Waals surface area contributed by atoms with Gasteiger partial charge in [0.25, 0.3) is 0 Å². The largest absolute Gasteiger partial charge is 0.508 e. The van der Waals surface area contributed by atoms with Gasteiger partial charge in [0.1, 0.15) is 18.0 Å². The Balaban J connectivity index is 1.50. The number of carbonyl (C=O) groups excluding carboxylic acids is 3. The van der Waals surface area contributed by atoms with Crippen molar-refractivity contribution in [1.82, 2.24) is 14.7 Å². The minimum Gasteiger partial charge on any atom is -0.508 e. The highest BCUT2D eigenvalue weighted by atomic mass is 16.6. The SMILES string of the molecule is CCCCCN1C[C@@H]2N(C(=O)OCCc3ccc(O)cc3)CCC(=O)N2[C@@H](Cc2ccccc2)C1=O. The fraction of sp³-hybridized carbons (Fsp3) is 0.464. The van der Waals surface area contributed by atoms with E-state index in [1.54, 1.807) is 34.1 Å². The lowest BCUT2D eigenvalue weighted by molar-refractivity contribution is -0.167. The Hall–Kier alpha value is -3.55. The Morgan fingerprint density at radius 2 is 1.78 bits per heavy atom. The van der Waals surface area contributed by atoms with Gasteiger partial charge in [-0.3, -0.25) is 14.5 Å². The number of ether oxygens (including phenoxy) is 1. The van der Waals surface area contributed by atoms with Crippen LogP contribution in [-0.2, 0) is 27.2 Å². The van der Waals surface area contributed by atoms with Gasteiger partial charge in [0.15, 0.2) is 0 Å². The van der Waals surface area contributed by atoms with E-state index in [2.05, 4.69) is 6.92 Å². The number of phenols is 1. The molecular weight excluding hydrogens is 458 g/mol. The smallest absolute Gasteiger partial charge is 0.411 e. The topological polar surface area (TPSA) is 90.4 Å². The van der Waals surface area contributed by atoms with Crippen molar-refractivity contribution >= 4 is 17.9 Å². The predicted octanol–water partition coefficient (Wildman–Crippen LogP) is 3.58. The Labute approximate surface area is 212 Å². The number of phenolic OH excluding ortho intramolecular Hbond substituents is 1. The van der Waals surface area contributed by atoms with Crippen LogP contribution in [-0.4, -0.2) is 76.2 Å². The van der Waals surface area contributed by atoms with Gasteiger partial charge in [-0.15, -0.1) is 0 Å². The zero-order chi connectivity index (χ0) is 25.5. The molecule has 0 spiro atoms. The Kier molecular flexibility index (Phi) is 8.46. The van der Waals surface area contributed by atoms with Gasteiger partial charge in [-0.25, -0.2) is 4.79 Å². The highest BCUT2D eigenvalue weighted by Gasteiger charge is 2.48. The summed E-state index contributed by atoms with van der Waals surface area (Å²) in [5.74, 6) is 0.0342. The van der Waals surface area contributed by atoms with E-state index in [4.69, 9.17) is 4.74 Å². The third-order valence-corrected chi connectivity index (χ3v) is 6.94. The second kappa shape index (κ2) is 11.9. The molecule has 0 bridgehead atoms. The zero-order valence-corrected chi connectivity index (χ0v) is 20.8. The molecule has 2 aromatic rings. The summed E-state index contributed by atoms with van der Waals surface area (Å²) in [6, 6.07) is 15.8. The average Bonchev–Trinajstić information content (AvgIpc) is 2.88. The predicted molar refractivity (Wildman–Crippen MR) is 135 cm³/mol. The molecule has 2 fully saturated rings. The molecule has 192 valence electrons. The number of hydrogen-bond donors (Lipinski definition) is 1. The Bertz CT molecular complexity index is 1040. The van der Waals surface area contributed by atoms with Crippen molar-refractivity contribution in [3.05, 3.63) is 65.7 Å². The van der Waals surface area contributed by atoms with Crippen LogP contribution in [0.5, 0.6) is 5.75 Å². The first-order chi connectivity index (χ1) is 17.5. The first-order valence-electron chi connectivity index (χ1n) is 12.8. The number of benzene rings is 2. The number of nitrogens with zero attached hydrogens (tertiary/aromatic N) is 3. The number of aromatic hydroxyl groups is 1. The van der Waals surface area contributed by atoms with E-state index in [1.165, 1.54) is 0 Å². The third kappa shape index (κ3) is 5.98. The van der Waals surface area contributed by atoms with Crippen LogP contribution < -0.4 is 0 Å². The number of carbonyl (C=O) groups is 3. The summed E-state index contributed by atoms with van der Waals surface area (Å²) in [5, 5.41) is 9.44. The summed E-state index contributed by atoms with van der Waals surface area (Å²) in [5.41, 5.74) is 1.93. The standard InChI is InChI=1S/C28H35N3O5/c1-2-3-7-16-29-20-25-30(28(35)36-18-15-21-10-12-23(32)13-11-21)17-14-26(33)31(25)24(27(29)34)19-22-8-5-4-6-9-22/h4-6,8-13,24-25,32H,2-3,7,14-20H2,1H3/t24-,25+/m0/s1. The van der Waals surface area contributed by atoms with Crippen LogP contribution >= 0.6 is 0 Å². The summed E-state index contributed by atoms with van der Waals surface area (Å²) < 4.78 is 5.60. The van der Waals surface area contributed by atoms with Gasteiger partial charge in [0, 0.05) is 32.4 Å². The second-order valence-electron chi connectivity index (χ2n) is 9.45. The lowest BCUT2D eigenvalue weighted by atomic mass is 9.97. The molecule has 2 atom stereocenters. The van der Waals surface area contributed by atoms with Crippen molar-refractivity contribution in [1.29, 1.82) is 0 Å². The average molecular weight is 494 g/mol. The molecule has 0 aliphatic carbocycles. The molecule has 0 saturated carbocycles. The van der Waals surface area contributed by atoms with Crippen LogP contribution in [0.1, 0.15) is 43.7 Å². The molecule has 8 heteroatoms. The van der Waals surface area contributed by atoms with Crippen LogP contribution in [0.15, 0.2) is 54.6 Å². The zero-order valence-electron chi connectivity index (χ0n) is 20.8. The van der Waals surface area contributed by atoms with Crippen molar-refractivity contribution in [3.63, 3.8) is 0 Å². The van der Waals surface area contributed by atoms with Gasteiger partial charge in [-0.1, -0.05) is 62.2 Å². The molecule has 3 amide bonds.